The van der Waals surface area contributed by atoms with Gasteiger partial charge in [-0.1, -0.05) is 24.9 Å². The lowest BCUT2D eigenvalue weighted by Crippen LogP contribution is -2.62. The summed E-state index contributed by atoms with van der Waals surface area (Å²) in [5.41, 5.74) is -2.24. The Morgan fingerprint density at radius 3 is 2.60 bits per heavy atom. The van der Waals surface area contributed by atoms with Crippen LogP contribution >= 0.6 is 11.6 Å². The molecule has 4 aliphatic heterocycles. The predicted octanol–water partition coefficient (Wildman–Crippen LogP) is 3.74. The van der Waals surface area contributed by atoms with Crippen LogP contribution in [0.3, 0.4) is 0 Å². The second kappa shape index (κ2) is 14.6. The van der Waals surface area contributed by atoms with Crippen LogP contribution in [0.5, 0.6) is 5.75 Å². The molecule has 57 heavy (non-hydrogen) atoms. The van der Waals surface area contributed by atoms with E-state index in [9.17, 15) is 37.5 Å². The predicted molar refractivity (Wildman–Crippen MR) is 197 cm³/mol. The van der Waals surface area contributed by atoms with Gasteiger partial charge in [-0.15, -0.1) is 5.10 Å². The third kappa shape index (κ3) is 6.84. The van der Waals surface area contributed by atoms with E-state index in [0.717, 1.165) is 29.1 Å². The van der Waals surface area contributed by atoms with Crippen LogP contribution in [0.4, 0.5) is 24.8 Å². The Morgan fingerprint density at radius 2 is 1.89 bits per heavy atom. The highest BCUT2D eigenvalue weighted by molar-refractivity contribution is 6.33. The highest BCUT2D eigenvalue weighted by Crippen LogP contribution is 2.48. The number of piperazine rings is 1. The van der Waals surface area contributed by atoms with E-state index in [1.165, 1.54) is 27.8 Å². The minimum atomic E-state index is -4.64. The summed E-state index contributed by atoms with van der Waals surface area (Å²) in [4.78, 5) is 68.8. The molecular formula is C37H39ClF3N9O7. The van der Waals surface area contributed by atoms with Crippen LogP contribution in [0.2, 0.25) is 5.02 Å². The Bertz CT molecular complexity index is 2330. The maximum absolute atomic E-state index is 14.6. The number of nitrogens with one attached hydrogen (secondary N) is 1. The number of anilines is 2. The van der Waals surface area contributed by atoms with E-state index in [4.69, 9.17) is 26.1 Å². The summed E-state index contributed by atoms with van der Waals surface area (Å²) in [5.74, 6) is -1.26. The second-order valence-electron chi connectivity index (χ2n) is 14.7. The van der Waals surface area contributed by atoms with Crippen LogP contribution in [0.1, 0.15) is 72.9 Å². The van der Waals surface area contributed by atoms with Gasteiger partial charge in [-0.25, -0.2) is 4.98 Å². The minimum Gasteiger partial charge on any atom is -0.505 e. The van der Waals surface area contributed by atoms with Crippen molar-refractivity contribution in [3.8, 4) is 5.75 Å². The van der Waals surface area contributed by atoms with Crippen molar-refractivity contribution in [2.24, 2.45) is 0 Å². The summed E-state index contributed by atoms with van der Waals surface area (Å²) < 4.78 is 55.1. The zero-order valence-corrected chi connectivity index (χ0v) is 31.7. The molecule has 3 atom stereocenters. The number of ether oxygens (including phenoxy) is 2. The molecule has 302 valence electrons. The molecule has 1 unspecified atom stereocenters. The molecule has 16 nitrogen and oxygen atoms in total. The van der Waals surface area contributed by atoms with Gasteiger partial charge in [0.15, 0.2) is 5.69 Å². The first-order valence-corrected chi connectivity index (χ1v) is 19.1. The fraction of sp³-hybridized carbons (Fsp3) is 0.486. The van der Waals surface area contributed by atoms with Gasteiger partial charge in [0.05, 0.1) is 46.3 Å². The number of hydrogen-bond donors (Lipinski definition) is 2. The monoisotopic (exact) mass is 813 g/mol. The Balaban J connectivity index is 1.14. The number of likely N-dealkylation sites (tertiary alicyclic amines) is 1. The molecule has 3 fully saturated rings. The Labute approximate surface area is 328 Å². The molecule has 4 aliphatic rings. The van der Waals surface area contributed by atoms with Gasteiger partial charge < -0.3 is 39.2 Å². The number of carbonyl (C=O) groups excluding carboxylic acids is 3. The number of nitrogens with zero attached hydrogens (tertiary/aromatic N) is 8. The van der Waals surface area contributed by atoms with Crippen LogP contribution in [-0.2, 0) is 37.4 Å². The molecule has 8 rings (SSSR count). The number of amides is 3. The summed E-state index contributed by atoms with van der Waals surface area (Å²) in [5, 5.41) is 17.2. The number of alkyl halides is 3. The minimum absolute atomic E-state index is 0.0227. The number of aromatic hydroxyl groups is 1. The van der Waals surface area contributed by atoms with Crippen LogP contribution in [0.15, 0.2) is 41.3 Å². The largest absolute Gasteiger partial charge is 0.505 e. The fourth-order valence-electron chi connectivity index (χ4n) is 8.35. The average Bonchev–Trinajstić information content (AvgIpc) is 3.75. The summed E-state index contributed by atoms with van der Waals surface area (Å²) in [6.45, 7) is 5.00. The summed E-state index contributed by atoms with van der Waals surface area (Å²) in [6, 6.07) is 5.20. The SMILES string of the molecule is CCCC1OC[C@@H]2CN(c3nc4n(CC(=O)Nc5ccc(C(F)(F)F)cc5Cl)c5c(c(=O)n4n3)C3(CCN(C(=O)c4ncccc4O)CC3)O[C@@H]5C)CCN2C1=O. The maximum atomic E-state index is 14.6. The first-order chi connectivity index (χ1) is 27.2. The van der Waals surface area contributed by atoms with E-state index in [1.807, 2.05) is 16.7 Å². The molecule has 7 heterocycles. The van der Waals surface area contributed by atoms with E-state index in [1.54, 1.807) is 6.92 Å². The Morgan fingerprint density at radius 1 is 1.12 bits per heavy atom. The van der Waals surface area contributed by atoms with E-state index >= 15 is 0 Å². The zero-order valence-electron chi connectivity index (χ0n) is 31.0. The van der Waals surface area contributed by atoms with Crippen LogP contribution in [0, 0.1) is 0 Å². The van der Waals surface area contributed by atoms with Crippen LogP contribution < -0.4 is 15.8 Å². The number of hydrogen-bond acceptors (Lipinski definition) is 11. The lowest BCUT2D eigenvalue weighted by molar-refractivity contribution is -0.160. The standard InChI is InChI=1S/C37H39ClF3N9O7/c1-3-5-26-31(53)48-15-14-47(17-22(48)19-56-26)34-44-35-49(18-27(52)43-24-8-7-21(16-23(24)38)37(39,40)41)30-20(2)57-36(28(30)32(54)50(35)45-34)9-12-46(13-10-36)33(55)29-25(51)6-4-11-42-29/h4,6-8,11,16,20,22,26,51H,3,5,9-10,12-15,17-19H2,1-2H3,(H,43,52)/t20-,22+,26?/m1/s1. The zero-order chi connectivity index (χ0) is 40.4. The number of halogens is 4. The van der Waals surface area contributed by atoms with E-state index in [2.05, 4.69) is 15.4 Å². The smallest absolute Gasteiger partial charge is 0.416 e. The fourth-order valence-corrected chi connectivity index (χ4v) is 8.58. The number of morpholine rings is 1. The van der Waals surface area contributed by atoms with Gasteiger partial charge in [-0.2, -0.15) is 22.7 Å². The van der Waals surface area contributed by atoms with Crippen LogP contribution in [-0.4, -0.2) is 108 Å². The number of rotatable bonds is 7. The third-order valence-electron chi connectivity index (χ3n) is 11.1. The van der Waals surface area contributed by atoms with E-state index in [0.29, 0.717) is 38.4 Å². The van der Waals surface area contributed by atoms with Gasteiger partial charge in [-0.3, -0.25) is 19.2 Å². The van der Waals surface area contributed by atoms with Crippen molar-refractivity contribution in [1.82, 2.24) is 33.9 Å². The van der Waals surface area contributed by atoms with Gasteiger partial charge in [0.2, 0.25) is 17.6 Å². The van der Waals surface area contributed by atoms with Crippen molar-refractivity contribution in [2.45, 2.75) is 76.1 Å². The molecule has 2 N–H and O–H groups in total. The molecule has 3 saturated heterocycles. The normalized spacial score (nSPS) is 21.9. The average molecular weight is 814 g/mol. The number of pyridine rings is 1. The topological polar surface area (TPSA) is 177 Å². The molecule has 1 spiro atoms. The summed E-state index contributed by atoms with van der Waals surface area (Å²) >= 11 is 6.17. The van der Waals surface area contributed by atoms with Crippen molar-refractivity contribution in [1.29, 1.82) is 0 Å². The molecule has 4 aromatic rings. The van der Waals surface area contributed by atoms with Crippen molar-refractivity contribution in [3.05, 3.63) is 74.4 Å². The molecule has 3 aromatic heterocycles. The molecular weight excluding hydrogens is 775 g/mol. The molecule has 0 radical (unpaired) electrons. The van der Waals surface area contributed by atoms with Gasteiger partial charge in [0.1, 0.15) is 24.0 Å². The van der Waals surface area contributed by atoms with Crippen molar-refractivity contribution in [3.63, 3.8) is 0 Å². The number of aromatic nitrogens is 5. The Hall–Kier alpha value is -5.27. The van der Waals surface area contributed by atoms with Crippen molar-refractivity contribution < 1.29 is 42.1 Å². The molecule has 0 saturated carbocycles. The van der Waals surface area contributed by atoms with Gasteiger partial charge >= 0.3 is 6.18 Å². The second-order valence-corrected chi connectivity index (χ2v) is 15.1. The lowest BCUT2D eigenvalue weighted by atomic mass is 9.85. The van der Waals surface area contributed by atoms with Crippen LogP contribution in [0.25, 0.3) is 5.78 Å². The Kier molecular flexibility index (Phi) is 9.88. The van der Waals surface area contributed by atoms with E-state index in [-0.39, 0.29) is 77.3 Å². The third-order valence-corrected chi connectivity index (χ3v) is 11.4. The molecule has 3 amide bonds. The van der Waals surface area contributed by atoms with Gasteiger partial charge in [0.25, 0.3) is 17.4 Å². The quantitative estimate of drug-likeness (QED) is 0.278. The first-order valence-electron chi connectivity index (χ1n) is 18.7. The molecule has 0 aliphatic carbocycles. The summed E-state index contributed by atoms with van der Waals surface area (Å²) in [7, 11) is 0. The number of carbonyl (C=O) groups is 3. The maximum Gasteiger partial charge on any atom is 0.416 e. The lowest BCUT2D eigenvalue weighted by Gasteiger charge is -2.45. The first kappa shape index (κ1) is 38.6. The molecule has 0 bridgehead atoms. The number of benzene rings is 1. The van der Waals surface area contributed by atoms with Gasteiger partial charge in [0, 0.05) is 38.9 Å². The summed E-state index contributed by atoms with van der Waals surface area (Å²) in [6.07, 6.45) is -2.65. The molecule has 1 aromatic carbocycles. The highest BCUT2D eigenvalue weighted by atomic mass is 35.5. The van der Waals surface area contributed by atoms with E-state index < -0.39 is 53.5 Å². The van der Waals surface area contributed by atoms with Crippen molar-refractivity contribution >= 4 is 46.7 Å². The van der Waals surface area contributed by atoms with Crippen molar-refractivity contribution in [2.75, 3.05) is 49.5 Å². The number of fused-ring (bicyclic) bond motifs is 4. The number of piperidine rings is 1. The molecule has 20 heteroatoms. The highest BCUT2D eigenvalue weighted by Gasteiger charge is 2.51. The van der Waals surface area contributed by atoms with Gasteiger partial charge in [-0.05, 0) is 56.5 Å².